The van der Waals surface area contributed by atoms with Crippen LogP contribution in [0.25, 0.3) is 0 Å². The summed E-state index contributed by atoms with van der Waals surface area (Å²) in [6.07, 6.45) is 9.01. The first-order chi connectivity index (χ1) is 8.03. The van der Waals surface area contributed by atoms with E-state index >= 15 is 0 Å². The van der Waals surface area contributed by atoms with Gasteiger partial charge in [-0.1, -0.05) is 19.1 Å². The Morgan fingerprint density at radius 3 is 2.76 bits per heavy atom. The fourth-order valence-electron chi connectivity index (χ4n) is 1.94. The van der Waals surface area contributed by atoms with Crippen LogP contribution in [0.4, 0.5) is 0 Å². The fraction of sp³-hybridized carbons (Fsp3) is 0.786. The molecule has 0 radical (unpaired) electrons. The summed E-state index contributed by atoms with van der Waals surface area (Å²) in [4.78, 5) is 11.7. The molecule has 0 aliphatic heterocycles. The maximum Gasteiger partial charge on any atom is 0.234 e. The Balaban J connectivity index is 2.13. The number of hydrogen-bond donors (Lipinski definition) is 2. The van der Waals surface area contributed by atoms with E-state index in [1.165, 1.54) is 12.8 Å². The van der Waals surface area contributed by atoms with Gasteiger partial charge in [0.1, 0.15) is 0 Å². The number of hydrogen-bond acceptors (Lipinski definition) is 2. The van der Waals surface area contributed by atoms with Crippen molar-refractivity contribution in [1.82, 2.24) is 10.6 Å². The molecule has 0 fully saturated rings. The first kappa shape index (κ1) is 14.2. The molecule has 0 heterocycles. The lowest BCUT2D eigenvalue weighted by atomic mass is 9.94. The molecule has 0 spiro atoms. The number of carbonyl (C=O) groups excluding carboxylic acids is 1. The minimum Gasteiger partial charge on any atom is -0.350 e. The summed E-state index contributed by atoms with van der Waals surface area (Å²) in [5, 5.41) is 6.28. The van der Waals surface area contributed by atoms with Crippen LogP contribution in [0.1, 0.15) is 46.5 Å². The molecule has 3 nitrogen and oxygen atoms in total. The van der Waals surface area contributed by atoms with Crippen molar-refractivity contribution in [3.8, 4) is 0 Å². The highest BCUT2D eigenvalue weighted by molar-refractivity contribution is 5.78. The van der Waals surface area contributed by atoms with Crippen molar-refractivity contribution in [3.05, 3.63) is 12.2 Å². The SMILES string of the molecule is CCC(C)(C)NC(=O)CNCC1CC=CCC1. The summed E-state index contributed by atoms with van der Waals surface area (Å²) < 4.78 is 0. The molecule has 17 heavy (non-hydrogen) atoms. The van der Waals surface area contributed by atoms with Crippen molar-refractivity contribution < 1.29 is 4.79 Å². The molecule has 3 heteroatoms. The number of carbonyl (C=O) groups is 1. The summed E-state index contributed by atoms with van der Waals surface area (Å²) in [5.74, 6) is 0.801. The summed E-state index contributed by atoms with van der Waals surface area (Å²) in [7, 11) is 0. The van der Waals surface area contributed by atoms with Crippen LogP contribution in [0.15, 0.2) is 12.2 Å². The van der Waals surface area contributed by atoms with Gasteiger partial charge in [-0.05, 0) is 52.0 Å². The van der Waals surface area contributed by atoms with Crippen molar-refractivity contribution in [2.24, 2.45) is 5.92 Å². The molecule has 1 amide bonds. The zero-order chi connectivity index (χ0) is 12.7. The van der Waals surface area contributed by atoms with Gasteiger partial charge >= 0.3 is 0 Å². The van der Waals surface area contributed by atoms with Crippen LogP contribution in [0, 0.1) is 5.92 Å². The van der Waals surface area contributed by atoms with E-state index in [4.69, 9.17) is 0 Å². The van der Waals surface area contributed by atoms with Crippen LogP contribution < -0.4 is 10.6 Å². The normalized spacial score (nSPS) is 20.3. The van der Waals surface area contributed by atoms with E-state index in [-0.39, 0.29) is 11.4 Å². The maximum atomic E-state index is 11.7. The zero-order valence-electron chi connectivity index (χ0n) is 11.4. The number of amides is 1. The highest BCUT2D eigenvalue weighted by Crippen LogP contribution is 2.16. The Kier molecular flexibility index (Phi) is 5.69. The highest BCUT2D eigenvalue weighted by Gasteiger charge is 2.17. The summed E-state index contributed by atoms with van der Waals surface area (Å²) in [6, 6.07) is 0. The lowest BCUT2D eigenvalue weighted by Crippen LogP contribution is -2.47. The third-order valence-corrected chi connectivity index (χ3v) is 3.46. The molecular weight excluding hydrogens is 212 g/mol. The van der Waals surface area contributed by atoms with E-state index in [9.17, 15) is 4.79 Å². The molecular formula is C14H26N2O. The van der Waals surface area contributed by atoms with Gasteiger partial charge in [0.05, 0.1) is 6.54 Å². The van der Waals surface area contributed by atoms with Crippen molar-refractivity contribution in [2.75, 3.05) is 13.1 Å². The van der Waals surface area contributed by atoms with Gasteiger partial charge in [-0.25, -0.2) is 0 Å². The first-order valence-electron chi connectivity index (χ1n) is 6.70. The molecule has 1 rings (SSSR count). The van der Waals surface area contributed by atoms with Crippen LogP contribution >= 0.6 is 0 Å². The highest BCUT2D eigenvalue weighted by atomic mass is 16.2. The number of allylic oxidation sites excluding steroid dienone is 2. The second-order valence-electron chi connectivity index (χ2n) is 5.57. The molecule has 0 aromatic heterocycles. The van der Waals surface area contributed by atoms with Gasteiger partial charge in [0.25, 0.3) is 0 Å². The predicted molar refractivity (Wildman–Crippen MR) is 71.9 cm³/mol. The molecule has 0 saturated carbocycles. The maximum absolute atomic E-state index is 11.7. The largest absolute Gasteiger partial charge is 0.350 e. The van der Waals surface area contributed by atoms with Gasteiger partial charge < -0.3 is 10.6 Å². The topological polar surface area (TPSA) is 41.1 Å². The van der Waals surface area contributed by atoms with Crippen LogP contribution in [-0.2, 0) is 4.79 Å². The van der Waals surface area contributed by atoms with Gasteiger partial charge in [0.15, 0.2) is 0 Å². The van der Waals surface area contributed by atoms with E-state index in [0.717, 1.165) is 19.4 Å². The smallest absolute Gasteiger partial charge is 0.234 e. The van der Waals surface area contributed by atoms with E-state index in [1.54, 1.807) is 0 Å². The molecule has 98 valence electrons. The molecule has 1 aliphatic rings. The summed E-state index contributed by atoms with van der Waals surface area (Å²) in [5.41, 5.74) is -0.0909. The van der Waals surface area contributed by atoms with Crippen molar-refractivity contribution in [1.29, 1.82) is 0 Å². The van der Waals surface area contributed by atoms with Gasteiger partial charge in [0, 0.05) is 5.54 Å². The molecule has 0 bridgehead atoms. The predicted octanol–water partition coefficient (Wildman–Crippen LogP) is 2.24. The second-order valence-corrected chi connectivity index (χ2v) is 5.57. The van der Waals surface area contributed by atoms with Crippen LogP contribution in [0.5, 0.6) is 0 Å². The lowest BCUT2D eigenvalue weighted by Gasteiger charge is -2.25. The fourth-order valence-corrected chi connectivity index (χ4v) is 1.94. The molecule has 1 atom stereocenters. The van der Waals surface area contributed by atoms with Gasteiger partial charge in [0.2, 0.25) is 5.91 Å². The van der Waals surface area contributed by atoms with E-state index in [1.807, 2.05) is 0 Å². The third kappa shape index (κ3) is 5.87. The Labute approximate surface area is 105 Å². The average Bonchev–Trinajstić information content (AvgIpc) is 2.30. The molecule has 0 aromatic carbocycles. The van der Waals surface area contributed by atoms with Crippen LogP contribution in [-0.4, -0.2) is 24.5 Å². The minimum absolute atomic E-state index is 0.0909. The van der Waals surface area contributed by atoms with Crippen molar-refractivity contribution in [2.45, 2.75) is 52.0 Å². The Morgan fingerprint density at radius 1 is 1.41 bits per heavy atom. The second kappa shape index (κ2) is 6.80. The third-order valence-electron chi connectivity index (χ3n) is 3.46. The van der Waals surface area contributed by atoms with E-state index in [2.05, 4.69) is 43.6 Å². The van der Waals surface area contributed by atoms with Gasteiger partial charge in [-0.15, -0.1) is 0 Å². The molecule has 2 N–H and O–H groups in total. The van der Waals surface area contributed by atoms with Crippen molar-refractivity contribution >= 4 is 5.91 Å². The van der Waals surface area contributed by atoms with Gasteiger partial charge in [-0.2, -0.15) is 0 Å². The molecule has 1 aliphatic carbocycles. The standard InChI is InChI=1S/C14H26N2O/c1-4-14(2,3)16-13(17)11-15-10-12-8-6-5-7-9-12/h5-6,12,15H,4,7-11H2,1-3H3,(H,16,17). The molecule has 1 unspecified atom stereocenters. The summed E-state index contributed by atoms with van der Waals surface area (Å²) >= 11 is 0. The molecule has 0 saturated heterocycles. The Morgan fingerprint density at radius 2 is 2.18 bits per heavy atom. The first-order valence-corrected chi connectivity index (χ1v) is 6.70. The van der Waals surface area contributed by atoms with Crippen LogP contribution in [0.3, 0.4) is 0 Å². The molecule has 0 aromatic rings. The summed E-state index contributed by atoms with van der Waals surface area (Å²) in [6.45, 7) is 7.57. The van der Waals surface area contributed by atoms with Gasteiger partial charge in [-0.3, -0.25) is 4.79 Å². The monoisotopic (exact) mass is 238 g/mol. The lowest BCUT2D eigenvalue weighted by molar-refractivity contribution is -0.121. The van der Waals surface area contributed by atoms with Crippen molar-refractivity contribution in [3.63, 3.8) is 0 Å². The number of nitrogens with one attached hydrogen (secondary N) is 2. The average molecular weight is 238 g/mol. The quantitative estimate of drug-likeness (QED) is 0.697. The Bertz CT molecular complexity index is 271. The van der Waals surface area contributed by atoms with Crippen LogP contribution in [0.2, 0.25) is 0 Å². The zero-order valence-corrected chi connectivity index (χ0v) is 11.4. The number of rotatable bonds is 6. The van der Waals surface area contributed by atoms with E-state index < -0.39 is 0 Å². The van der Waals surface area contributed by atoms with E-state index in [0.29, 0.717) is 12.5 Å². The Hall–Kier alpha value is -0.830. The minimum atomic E-state index is -0.0909.